The predicted octanol–water partition coefficient (Wildman–Crippen LogP) is 6.09. The highest BCUT2D eigenvalue weighted by atomic mass is 19.3. The number of halogens is 2. The van der Waals surface area contributed by atoms with Crippen molar-refractivity contribution >= 4 is 28.5 Å². The van der Waals surface area contributed by atoms with Crippen LogP contribution in [0.4, 0.5) is 14.5 Å². The summed E-state index contributed by atoms with van der Waals surface area (Å²) in [6.45, 7) is 9.85. The molecular weight excluding hydrogens is 731 g/mol. The van der Waals surface area contributed by atoms with E-state index in [1.165, 1.54) is 14.2 Å². The Bertz CT molecular complexity index is 2200. The van der Waals surface area contributed by atoms with E-state index in [9.17, 15) is 9.90 Å². The normalized spacial score (nSPS) is 36.8. The molecule has 2 aromatic carbocycles. The molecular formula is C45H56F2N4O6. The lowest BCUT2D eigenvalue weighted by Crippen LogP contribution is -2.78. The van der Waals surface area contributed by atoms with Gasteiger partial charge in [-0.2, -0.15) is 0 Å². The molecule has 10 atom stereocenters. The van der Waals surface area contributed by atoms with E-state index in [0.717, 1.165) is 53.3 Å². The molecule has 6 heterocycles. The van der Waals surface area contributed by atoms with Gasteiger partial charge in [0, 0.05) is 95.8 Å². The largest absolute Gasteiger partial charge is 0.496 e. The number of hydrogen-bond donors (Lipinski definition) is 2. The quantitative estimate of drug-likeness (QED) is 0.227. The maximum Gasteiger partial charge on any atom is 0.340 e. The van der Waals surface area contributed by atoms with Crippen molar-refractivity contribution in [1.82, 2.24) is 14.8 Å². The molecule has 6 aliphatic rings. The number of aryl methyl sites for hydroxylation is 1. The van der Waals surface area contributed by atoms with Crippen molar-refractivity contribution in [1.29, 1.82) is 0 Å². The van der Waals surface area contributed by atoms with E-state index in [-0.39, 0.29) is 31.3 Å². The van der Waals surface area contributed by atoms with E-state index < -0.39 is 57.6 Å². The number of carbonyl (C=O) groups is 2. The summed E-state index contributed by atoms with van der Waals surface area (Å²) in [6, 6.07) is 9.44. The zero-order valence-corrected chi connectivity index (χ0v) is 34.4. The zero-order chi connectivity index (χ0) is 40.6. The Morgan fingerprint density at radius 2 is 1.81 bits per heavy atom. The molecule has 57 heavy (non-hydrogen) atoms. The highest BCUT2D eigenvalue weighted by molar-refractivity contribution is 5.95. The number of ether oxygens (including phenoxy) is 3. The first-order valence-corrected chi connectivity index (χ1v) is 20.5. The van der Waals surface area contributed by atoms with Gasteiger partial charge in [-0.25, -0.2) is 13.6 Å². The van der Waals surface area contributed by atoms with Crippen LogP contribution < -0.4 is 9.64 Å². The number of rotatable bonds is 6. The number of nitrogens with one attached hydrogen (secondary N) is 1. The zero-order valence-electron chi connectivity index (χ0n) is 34.4. The fourth-order valence-electron chi connectivity index (χ4n) is 13.5. The summed E-state index contributed by atoms with van der Waals surface area (Å²) in [6.07, 6.45) is 6.22. The predicted molar refractivity (Wildman–Crippen MR) is 213 cm³/mol. The molecule has 1 aliphatic carbocycles. The van der Waals surface area contributed by atoms with Crippen LogP contribution in [-0.2, 0) is 36.4 Å². The summed E-state index contributed by atoms with van der Waals surface area (Å²) in [4.78, 5) is 39.8. The number of piperidine rings is 1. The lowest BCUT2D eigenvalue weighted by atomic mass is 9.45. The second-order valence-corrected chi connectivity index (χ2v) is 18.3. The van der Waals surface area contributed by atoms with Gasteiger partial charge in [0.25, 0.3) is 0 Å². The minimum absolute atomic E-state index is 0.0765. The van der Waals surface area contributed by atoms with Crippen molar-refractivity contribution in [2.75, 3.05) is 59.5 Å². The van der Waals surface area contributed by atoms with Crippen molar-refractivity contribution in [3.05, 3.63) is 70.4 Å². The lowest BCUT2D eigenvalue weighted by Gasteiger charge is -2.64. The number of carbonyl (C=O) groups excluding carboxylic acids is 2. The fraction of sp³-hybridized carbons (Fsp3) is 0.600. The molecule has 0 amide bonds. The molecule has 306 valence electrons. The van der Waals surface area contributed by atoms with Crippen LogP contribution in [0.5, 0.6) is 5.75 Å². The van der Waals surface area contributed by atoms with Gasteiger partial charge in [-0.1, -0.05) is 37.6 Å². The number of aromatic nitrogens is 1. The third-order valence-electron chi connectivity index (χ3n) is 15.8. The van der Waals surface area contributed by atoms with Crippen LogP contribution in [-0.4, -0.2) is 110 Å². The first-order valence-electron chi connectivity index (χ1n) is 20.5. The number of likely N-dealkylation sites (N-methyl/N-ethyl adjacent to an activating group) is 1. The molecule has 0 radical (unpaired) electrons. The van der Waals surface area contributed by atoms with Crippen LogP contribution in [0.2, 0.25) is 0 Å². The molecule has 2 saturated heterocycles. The third-order valence-corrected chi connectivity index (χ3v) is 15.8. The number of benzene rings is 2. The van der Waals surface area contributed by atoms with Crippen molar-refractivity contribution in [3.63, 3.8) is 0 Å². The van der Waals surface area contributed by atoms with Crippen LogP contribution in [0.15, 0.2) is 42.5 Å². The van der Waals surface area contributed by atoms with Crippen molar-refractivity contribution in [2.24, 2.45) is 23.2 Å². The Morgan fingerprint density at radius 1 is 1.05 bits per heavy atom. The molecule has 2 bridgehead atoms. The van der Waals surface area contributed by atoms with Crippen LogP contribution in [0, 0.1) is 30.1 Å². The average Bonchev–Trinajstić information content (AvgIpc) is 3.83. The van der Waals surface area contributed by atoms with Gasteiger partial charge in [0.1, 0.15) is 11.2 Å². The maximum absolute atomic E-state index is 15.3. The second kappa shape index (κ2) is 12.7. The number of methoxy groups -OCH3 is 3. The lowest BCUT2D eigenvalue weighted by molar-refractivity contribution is -0.197. The Labute approximate surface area is 333 Å². The van der Waals surface area contributed by atoms with E-state index in [1.807, 2.05) is 44.0 Å². The molecule has 3 fully saturated rings. The summed E-state index contributed by atoms with van der Waals surface area (Å²) in [5, 5.41) is 14.1. The Morgan fingerprint density at radius 3 is 2.49 bits per heavy atom. The van der Waals surface area contributed by atoms with Gasteiger partial charge >= 0.3 is 11.9 Å². The van der Waals surface area contributed by atoms with Crippen LogP contribution in [0.25, 0.3) is 10.9 Å². The van der Waals surface area contributed by atoms with E-state index >= 15 is 13.6 Å². The number of H-pyrrole nitrogens is 1. The number of nitrogens with zero attached hydrogens (tertiary/aromatic N) is 3. The van der Waals surface area contributed by atoms with Gasteiger partial charge in [-0.05, 0) is 81.3 Å². The number of aliphatic hydroxyl groups is 1. The first kappa shape index (κ1) is 38.5. The smallest absolute Gasteiger partial charge is 0.340 e. The topological polar surface area (TPSA) is 108 Å². The number of esters is 2. The standard InChI is InChI=1S/C45H56F2N4O6/c1-9-42-13-10-15-51-16-14-43(37(42)51)31-19-32(35(55-6)20-34(31)49(5)38(43)45(54,26(42)3)40(53)57-8)44(39(52)56-7)21-27-18-28(41(4,46)47)23-50(22-27)24-30-29-17-25(2)11-12-33(29)48-36(30)44/h10-13,17,19-20,26-28,37-38,48,54H,9,14-16,18,21-24H2,1-8H3/t26-,27-,28?,37+,38-,42+,43-,44+,45-/m1/s1. The molecule has 10 nitrogen and oxygen atoms in total. The molecule has 1 saturated carbocycles. The van der Waals surface area contributed by atoms with Crippen LogP contribution >= 0.6 is 0 Å². The van der Waals surface area contributed by atoms with Gasteiger partial charge in [0.05, 0.1) is 27.4 Å². The monoisotopic (exact) mass is 786 g/mol. The second-order valence-electron chi connectivity index (χ2n) is 18.3. The number of hydrogen-bond acceptors (Lipinski definition) is 9. The molecule has 3 aromatic rings. The van der Waals surface area contributed by atoms with E-state index in [2.05, 4.69) is 46.0 Å². The van der Waals surface area contributed by atoms with Gasteiger partial charge in [-0.3, -0.25) is 14.6 Å². The maximum atomic E-state index is 15.3. The summed E-state index contributed by atoms with van der Waals surface area (Å²) < 4.78 is 48.3. The van der Waals surface area contributed by atoms with Gasteiger partial charge < -0.3 is 29.2 Å². The number of aromatic amines is 1. The molecule has 2 N–H and O–H groups in total. The van der Waals surface area contributed by atoms with Crippen molar-refractivity contribution < 1.29 is 37.7 Å². The molecule has 5 aliphatic heterocycles. The average molecular weight is 787 g/mol. The Hall–Kier alpha value is -4.00. The van der Waals surface area contributed by atoms with E-state index in [4.69, 9.17) is 14.2 Å². The van der Waals surface area contributed by atoms with Crippen molar-refractivity contribution in [3.8, 4) is 5.75 Å². The number of alkyl halides is 2. The summed E-state index contributed by atoms with van der Waals surface area (Å²) >= 11 is 0. The first-order chi connectivity index (χ1) is 27.1. The number of anilines is 1. The SMILES string of the molecule is CC[C@]12C=CCN3CC[C@@]4(c5cc([C@@]6(C(=O)OC)C[C@H]7CC(C(C)(F)F)CN(Cc8c6[nH]c6ccc(C)cc86)C7)c(OC)cc5N(C)[C@H]4[C@@](O)(C(=O)OC)[C@@H]1C)[C@@H]32. The fourth-order valence-corrected chi connectivity index (χ4v) is 13.5. The van der Waals surface area contributed by atoms with E-state index in [1.54, 1.807) is 7.11 Å². The van der Waals surface area contributed by atoms with Crippen molar-refractivity contribution in [2.45, 2.75) is 94.4 Å². The Balaban J connectivity index is 1.36. The number of fused-ring (bicyclic) bond motifs is 6. The third kappa shape index (κ3) is 4.83. The molecule has 9 rings (SSSR count). The van der Waals surface area contributed by atoms with Gasteiger partial charge in [-0.15, -0.1) is 0 Å². The minimum Gasteiger partial charge on any atom is -0.496 e. The molecule has 1 aromatic heterocycles. The summed E-state index contributed by atoms with van der Waals surface area (Å²) in [5.74, 6) is -5.28. The van der Waals surface area contributed by atoms with Crippen LogP contribution in [0.1, 0.15) is 74.4 Å². The minimum atomic E-state index is -2.91. The van der Waals surface area contributed by atoms with E-state index in [0.29, 0.717) is 42.9 Å². The summed E-state index contributed by atoms with van der Waals surface area (Å²) in [5.41, 5.74) is 1.08. The summed E-state index contributed by atoms with van der Waals surface area (Å²) in [7, 11) is 6.25. The van der Waals surface area contributed by atoms with Gasteiger partial charge in [0.15, 0.2) is 5.60 Å². The molecule has 1 spiro atoms. The highest BCUT2D eigenvalue weighted by Crippen LogP contribution is 2.69. The molecule has 2 unspecified atom stereocenters. The van der Waals surface area contributed by atoms with Crippen LogP contribution in [0.3, 0.4) is 0 Å². The highest BCUT2D eigenvalue weighted by Gasteiger charge is 2.78. The molecule has 12 heteroatoms. The van der Waals surface area contributed by atoms with Gasteiger partial charge in [0.2, 0.25) is 5.92 Å². The Kier molecular flexibility index (Phi) is 8.61.